The summed E-state index contributed by atoms with van der Waals surface area (Å²) < 4.78 is 1.83. The predicted molar refractivity (Wildman–Crippen MR) is 55.0 cm³/mol. The lowest BCUT2D eigenvalue weighted by Crippen LogP contribution is -2.25. The zero-order chi connectivity index (χ0) is 11.0. The van der Waals surface area contributed by atoms with Crippen LogP contribution in [0.2, 0.25) is 0 Å². The molecule has 2 N–H and O–H groups in total. The van der Waals surface area contributed by atoms with Crippen molar-refractivity contribution in [1.82, 2.24) is 15.1 Å². The molecule has 0 radical (unpaired) electrons. The molecule has 0 unspecified atom stereocenters. The summed E-state index contributed by atoms with van der Waals surface area (Å²) in [5, 5.41) is 16.4. The van der Waals surface area contributed by atoms with Crippen molar-refractivity contribution in [3.63, 3.8) is 0 Å². The van der Waals surface area contributed by atoms with E-state index in [2.05, 4.69) is 10.4 Å². The topological polar surface area (TPSA) is 67.2 Å². The molecule has 0 saturated heterocycles. The van der Waals surface area contributed by atoms with Crippen LogP contribution < -0.4 is 5.32 Å². The zero-order valence-electron chi connectivity index (χ0n) is 8.95. The highest BCUT2D eigenvalue weighted by Gasteiger charge is 2.25. The van der Waals surface area contributed by atoms with E-state index in [0.717, 1.165) is 24.2 Å². The number of aromatic carboxylic acids is 1. The van der Waals surface area contributed by atoms with Gasteiger partial charge in [0.25, 0.3) is 0 Å². The minimum absolute atomic E-state index is 0.200. The van der Waals surface area contributed by atoms with Crippen molar-refractivity contribution in [2.45, 2.75) is 32.9 Å². The fourth-order valence-corrected chi connectivity index (χ4v) is 1.97. The van der Waals surface area contributed by atoms with E-state index in [1.54, 1.807) is 0 Å². The molecule has 1 aromatic heterocycles. The molecule has 0 fully saturated rings. The predicted octanol–water partition coefficient (Wildman–Crippen LogP) is 0.808. The zero-order valence-corrected chi connectivity index (χ0v) is 8.95. The molecule has 0 saturated carbocycles. The summed E-state index contributed by atoms with van der Waals surface area (Å²) in [7, 11) is 0. The standard InChI is InChI=1S/C10H15N3O2/c1-6(2)13-8-3-4-11-5-7(8)9(12-13)10(14)15/h6,11H,3-5H2,1-2H3,(H,14,15). The van der Waals surface area contributed by atoms with Crippen LogP contribution in [0.3, 0.4) is 0 Å². The highest BCUT2D eigenvalue weighted by Crippen LogP contribution is 2.21. The molecular formula is C10H15N3O2. The molecule has 0 atom stereocenters. The van der Waals surface area contributed by atoms with Crippen LogP contribution in [0.5, 0.6) is 0 Å². The molecule has 1 aliphatic rings. The van der Waals surface area contributed by atoms with Crippen LogP contribution in [0.4, 0.5) is 0 Å². The van der Waals surface area contributed by atoms with E-state index in [0.29, 0.717) is 6.54 Å². The van der Waals surface area contributed by atoms with E-state index in [-0.39, 0.29) is 11.7 Å². The molecule has 2 rings (SSSR count). The molecule has 15 heavy (non-hydrogen) atoms. The number of carbonyl (C=O) groups is 1. The lowest BCUT2D eigenvalue weighted by Gasteiger charge is -2.16. The van der Waals surface area contributed by atoms with Gasteiger partial charge in [-0.1, -0.05) is 0 Å². The van der Waals surface area contributed by atoms with E-state index in [1.165, 1.54) is 0 Å². The number of hydrogen-bond donors (Lipinski definition) is 2. The summed E-state index contributed by atoms with van der Waals surface area (Å²) in [4.78, 5) is 11.0. The summed E-state index contributed by atoms with van der Waals surface area (Å²) in [6, 6.07) is 0.213. The number of carboxylic acid groups (broad SMARTS) is 1. The van der Waals surface area contributed by atoms with Gasteiger partial charge in [-0.2, -0.15) is 5.10 Å². The number of fused-ring (bicyclic) bond motifs is 1. The smallest absolute Gasteiger partial charge is 0.356 e. The molecule has 2 heterocycles. The van der Waals surface area contributed by atoms with Gasteiger partial charge in [0, 0.05) is 36.8 Å². The molecule has 0 spiro atoms. The van der Waals surface area contributed by atoms with Crippen LogP contribution in [0.25, 0.3) is 0 Å². The third-order valence-corrected chi connectivity index (χ3v) is 2.65. The number of hydrogen-bond acceptors (Lipinski definition) is 3. The van der Waals surface area contributed by atoms with Crippen LogP contribution in [-0.2, 0) is 13.0 Å². The monoisotopic (exact) mass is 209 g/mol. The second kappa shape index (κ2) is 3.66. The Bertz CT molecular complexity index is 396. The van der Waals surface area contributed by atoms with Crippen LogP contribution in [-0.4, -0.2) is 27.4 Å². The number of aromatic nitrogens is 2. The second-order valence-electron chi connectivity index (χ2n) is 4.04. The Kier molecular flexibility index (Phi) is 2.48. The van der Waals surface area contributed by atoms with Gasteiger partial charge in [-0.15, -0.1) is 0 Å². The lowest BCUT2D eigenvalue weighted by molar-refractivity contribution is 0.0688. The lowest BCUT2D eigenvalue weighted by atomic mass is 10.1. The van der Waals surface area contributed by atoms with Gasteiger partial charge in [-0.3, -0.25) is 4.68 Å². The highest BCUT2D eigenvalue weighted by molar-refractivity contribution is 5.87. The number of rotatable bonds is 2. The summed E-state index contributed by atoms with van der Waals surface area (Å²) >= 11 is 0. The Hall–Kier alpha value is -1.36. The normalized spacial score (nSPS) is 15.4. The number of nitrogens with one attached hydrogen (secondary N) is 1. The Balaban J connectivity index is 2.54. The minimum atomic E-state index is -0.936. The van der Waals surface area contributed by atoms with Gasteiger partial charge in [-0.25, -0.2) is 4.79 Å². The maximum atomic E-state index is 11.0. The van der Waals surface area contributed by atoms with Crippen molar-refractivity contribution in [2.24, 2.45) is 0 Å². The minimum Gasteiger partial charge on any atom is -0.476 e. The average Bonchev–Trinajstić information content (AvgIpc) is 2.56. The maximum Gasteiger partial charge on any atom is 0.356 e. The van der Waals surface area contributed by atoms with E-state index in [9.17, 15) is 4.79 Å². The maximum absolute atomic E-state index is 11.0. The summed E-state index contributed by atoms with van der Waals surface area (Å²) in [5.74, 6) is -0.936. The molecule has 82 valence electrons. The number of carboxylic acids is 1. The first kappa shape index (κ1) is 10.2. The van der Waals surface area contributed by atoms with Crippen molar-refractivity contribution >= 4 is 5.97 Å². The fourth-order valence-electron chi connectivity index (χ4n) is 1.97. The van der Waals surface area contributed by atoms with Crippen molar-refractivity contribution in [2.75, 3.05) is 6.54 Å². The molecule has 0 aromatic carbocycles. The van der Waals surface area contributed by atoms with Crippen LogP contribution >= 0.6 is 0 Å². The van der Waals surface area contributed by atoms with Crippen molar-refractivity contribution in [1.29, 1.82) is 0 Å². The Morgan fingerprint density at radius 2 is 2.33 bits per heavy atom. The molecular weight excluding hydrogens is 194 g/mol. The average molecular weight is 209 g/mol. The SMILES string of the molecule is CC(C)n1nc(C(=O)O)c2c1CCNC2. The van der Waals surface area contributed by atoms with Gasteiger partial charge in [0.15, 0.2) is 5.69 Å². The molecule has 1 aliphatic heterocycles. The van der Waals surface area contributed by atoms with Gasteiger partial charge in [0.1, 0.15) is 0 Å². The van der Waals surface area contributed by atoms with Crippen LogP contribution in [0.1, 0.15) is 41.6 Å². The van der Waals surface area contributed by atoms with Crippen molar-refractivity contribution < 1.29 is 9.90 Å². The van der Waals surface area contributed by atoms with Gasteiger partial charge in [-0.05, 0) is 13.8 Å². The largest absolute Gasteiger partial charge is 0.476 e. The van der Waals surface area contributed by atoms with E-state index >= 15 is 0 Å². The molecule has 5 heteroatoms. The first-order chi connectivity index (χ1) is 7.11. The van der Waals surface area contributed by atoms with Gasteiger partial charge in [0.2, 0.25) is 0 Å². The molecule has 5 nitrogen and oxygen atoms in total. The third-order valence-electron chi connectivity index (χ3n) is 2.65. The summed E-state index contributed by atoms with van der Waals surface area (Å²) in [6.45, 7) is 5.54. The van der Waals surface area contributed by atoms with Crippen LogP contribution in [0, 0.1) is 0 Å². The molecule has 0 bridgehead atoms. The fraction of sp³-hybridized carbons (Fsp3) is 0.600. The molecule has 0 amide bonds. The molecule has 1 aromatic rings. The first-order valence-electron chi connectivity index (χ1n) is 5.15. The summed E-state index contributed by atoms with van der Waals surface area (Å²) in [6.07, 6.45) is 0.855. The summed E-state index contributed by atoms with van der Waals surface area (Å²) in [5.41, 5.74) is 2.12. The Morgan fingerprint density at radius 3 is 2.93 bits per heavy atom. The van der Waals surface area contributed by atoms with Gasteiger partial charge in [0.05, 0.1) is 0 Å². The Labute approximate surface area is 88.1 Å². The third kappa shape index (κ3) is 1.63. The van der Waals surface area contributed by atoms with E-state index in [4.69, 9.17) is 5.11 Å². The first-order valence-corrected chi connectivity index (χ1v) is 5.15. The van der Waals surface area contributed by atoms with E-state index in [1.807, 2.05) is 18.5 Å². The number of nitrogens with zero attached hydrogens (tertiary/aromatic N) is 2. The quantitative estimate of drug-likeness (QED) is 0.756. The molecule has 0 aliphatic carbocycles. The van der Waals surface area contributed by atoms with Crippen LogP contribution in [0.15, 0.2) is 0 Å². The van der Waals surface area contributed by atoms with Crippen molar-refractivity contribution in [3.8, 4) is 0 Å². The second-order valence-corrected chi connectivity index (χ2v) is 4.04. The van der Waals surface area contributed by atoms with Crippen molar-refractivity contribution in [3.05, 3.63) is 17.0 Å². The van der Waals surface area contributed by atoms with E-state index < -0.39 is 5.97 Å². The van der Waals surface area contributed by atoms with Gasteiger partial charge < -0.3 is 10.4 Å². The highest BCUT2D eigenvalue weighted by atomic mass is 16.4. The van der Waals surface area contributed by atoms with Gasteiger partial charge >= 0.3 is 5.97 Å². The Morgan fingerprint density at radius 1 is 1.60 bits per heavy atom.